The fraction of sp³-hybridized carbons (Fsp3) is 0.263. The lowest BCUT2D eigenvalue weighted by Crippen LogP contribution is -2.28. The summed E-state index contributed by atoms with van der Waals surface area (Å²) in [5, 5.41) is 11.1. The summed E-state index contributed by atoms with van der Waals surface area (Å²) in [6.45, 7) is 0.356. The number of rotatable bonds is 9. The van der Waals surface area contributed by atoms with Crippen LogP contribution in [0.25, 0.3) is 0 Å². The van der Waals surface area contributed by atoms with E-state index in [1.807, 2.05) is 6.07 Å². The maximum atomic E-state index is 12.3. The van der Waals surface area contributed by atoms with Crippen LogP contribution in [0.5, 0.6) is 5.75 Å². The van der Waals surface area contributed by atoms with Crippen molar-refractivity contribution in [3.8, 4) is 5.75 Å². The summed E-state index contributed by atoms with van der Waals surface area (Å²) in [5.41, 5.74) is 7.11. The molecule has 0 unspecified atom stereocenters. The van der Waals surface area contributed by atoms with Crippen LogP contribution >= 0.6 is 11.8 Å². The highest BCUT2D eigenvalue weighted by Gasteiger charge is 2.16. The van der Waals surface area contributed by atoms with Gasteiger partial charge in [-0.3, -0.25) is 19.7 Å². The lowest BCUT2D eigenvalue weighted by molar-refractivity contribution is -0.385. The topological polar surface area (TPSA) is 116 Å². The first-order chi connectivity index (χ1) is 13.3. The van der Waals surface area contributed by atoms with E-state index in [-0.39, 0.29) is 23.1 Å². The van der Waals surface area contributed by atoms with E-state index in [9.17, 15) is 19.7 Å². The number of methoxy groups -OCH3 is 1. The van der Waals surface area contributed by atoms with Gasteiger partial charge in [0.1, 0.15) is 0 Å². The number of primary amides is 1. The van der Waals surface area contributed by atoms with E-state index in [2.05, 4.69) is 0 Å². The van der Waals surface area contributed by atoms with Crippen molar-refractivity contribution in [2.24, 2.45) is 5.73 Å². The molecule has 0 aliphatic carbocycles. The molecule has 0 saturated carbocycles. The minimum atomic E-state index is -0.514. The molecule has 0 aliphatic rings. The minimum Gasteiger partial charge on any atom is -0.490 e. The Morgan fingerprint density at radius 2 is 1.96 bits per heavy atom. The van der Waals surface area contributed by atoms with Crippen LogP contribution in [0.2, 0.25) is 0 Å². The van der Waals surface area contributed by atoms with Gasteiger partial charge in [0.15, 0.2) is 5.75 Å². The number of hydrogen-bond acceptors (Lipinski definition) is 6. The molecule has 148 valence electrons. The van der Waals surface area contributed by atoms with Gasteiger partial charge in [0.05, 0.1) is 17.8 Å². The van der Waals surface area contributed by atoms with Gasteiger partial charge in [-0.05, 0) is 29.3 Å². The summed E-state index contributed by atoms with van der Waals surface area (Å²) < 4.78 is 4.98. The van der Waals surface area contributed by atoms with Gasteiger partial charge in [0.25, 0.3) is 0 Å². The fourth-order valence-corrected chi connectivity index (χ4v) is 3.43. The molecule has 0 heterocycles. The molecule has 2 aromatic rings. The normalized spacial score (nSPS) is 10.4. The quantitative estimate of drug-likeness (QED) is 0.508. The van der Waals surface area contributed by atoms with Crippen molar-refractivity contribution in [1.82, 2.24) is 4.90 Å². The molecule has 0 atom stereocenters. The van der Waals surface area contributed by atoms with E-state index in [4.69, 9.17) is 10.5 Å². The molecule has 8 nitrogen and oxygen atoms in total. The second-order valence-electron chi connectivity index (χ2n) is 6.07. The first-order valence-corrected chi connectivity index (χ1v) is 9.49. The van der Waals surface area contributed by atoms with Crippen molar-refractivity contribution < 1.29 is 19.2 Å². The highest BCUT2D eigenvalue weighted by atomic mass is 32.2. The standard InChI is InChI=1S/C19H21N3O5S/c1-21(10-13-4-3-5-15(8-13)19(20)24)18(23)12-28-11-14-6-7-17(27-2)16(9-14)22(25)26/h3-9H,10-12H2,1-2H3,(H2,20,24). The van der Waals surface area contributed by atoms with Gasteiger partial charge in [-0.25, -0.2) is 0 Å². The van der Waals surface area contributed by atoms with Gasteiger partial charge in [0, 0.05) is 31.0 Å². The van der Waals surface area contributed by atoms with Gasteiger partial charge >= 0.3 is 5.69 Å². The SMILES string of the molecule is COc1ccc(CSCC(=O)N(C)Cc2cccc(C(N)=O)c2)cc1[N+](=O)[O-]. The number of carbonyl (C=O) groups excluding carboxylic acids is 2. The van der Waals surface area contributed by atoms with Crippen molar-refractivity contribution in [2.75, 3.05) is 19.9 Å². The number of ether oxygens (including phenoxy) is 1. The number of nitrogens with zero attached hydrogens (tertiary/aromatic N) is 2. The molecular formula is C19H21N3O5S. The molecule has 0 spiro atoms. The number of carbonyl (C=O) groups is 2. The highest BCUT2D eigenvalue weighted by Crippen LogP contribution is 2.29. The van der Waals surface area contributed by atoms with Crippen LogP contribution < -0.4 is 10.5 Å². The number of benzene rings is 2. The monoisotopic (exact) mass is 403 g/mol. The lowest BCUT2D eigenvalue weighted by atomic mass is 10.1. The van der Waals surface area contributed by atoms with Gasteiger partial charge in [0.2, 0.25) is 11.8 Å². The summed E-state index contributed by atoms with van der Waals surface area (Å²) in [6.07, 6.45) is 0. The van der Waals surface area contributed by atoms with Crippen LogP contribution in [0, 0.1) is 10.1 Å². The maximum absolute atomic E-state index is 12.3. The summed E-state index contributed by atoms with van der Waals surface area (Å²) in [4.78, 5) is 35.7. The molecular weight excluding hydrogens is 382 g/mol. The summed E-state index contributed by atoms with van der Waals surface area (Å²) >= 11 is 1.37. The third kappa shape index (κ3) is 5.71. The van der Waals surface area contributed by atoms with Crippen LogP contribution in [0.1, 0.15) is 21.5 Å². The zero-order valence-corrected chi connectivity index (χ0v) is 16.4. The number of nitro groups is 1. The van der Waals surface area contributed by atoms with E-state index in [0.29, 0.717) is 17.9 Å². The number of amides is 2. The molecule has 2 N–H and O–H groups in total. The van der Waals surface area contributed by atoms with Crippen LogP contribution in [0.3, 0.4) is 0 Å². The molecule has 0 aromatic heterocycles. The van der Waals surface area contributed by atoms with E-state index in [1.54, 1.807) is 42.3 Å². The van der Waals surface area contributed by atoms with Crippen LogP contribution in [-0.4, -0.2) is 41.5 Å². The average molecular weight is 403 g/mol. The Morgan fingerprint density at radius 1 is 1.21 bits per heavy atom. The smallest absolute Gasteiger partial charge is 0.311 e. The minimum absolute atomic E-state index is 0.0857. The number of thioether (sulfide) groups is 1. The Bertz CT molecular complexity index is 888. The van der Waals surface area contributed by atoms with Crippen molar-refractivity contribution >= 4 is 29.3 Å². The van der Waals surface area contributed by atoms with Gasteiger partial charge < -0.3 is 15.4 Å². The van der Waals surface area contributed by atoms with Crippen LogP contribution in [-0.2, 0) is 17.1 Å². The number of nitrogens with two attached hydrogens (primary N) is 1. The highest BCUT2D eigenvalue weighted by molar-refractivity contribution is 7.99. The molecule has 0 fully saturated rings. The lowest BCUT2D eigenvalue weighted by Gasteiger charge is -2.17. The largest absolute Gasteiger partial charge is 0.490 e. The predicted molar refractivity (Wildman–Crippen MR) is 107 cm³/mol. The summed E-state index contributed by atoms with van der Waals surface area (Å²) in [5.74, 6) is 0.290. The Morgan fingerprint density at radius 3 is 2.61 bits per heavy atom. The molecule has 28 heavy (non-hydrogen) atoms. The van der Waals surface area contributed by atoms with Crippen molar-refractivity contribution in [1.29, 1.82) is 0 Å². The van der Waals surface area contributed by atoms with Gasteiger partial charge in [-0.15, -0.1) is 11.8 Å². The molecule has 2 rings (SSSR count). The van der Waals surface area contributed by atoms with E-state index >= 15 is 0 Å². The molecule has 2 amide bonds. The third-order valence-corrected chi connectivity index (χ3v) is 4.98. The Hall–Kier alpha value is -3.07. The Labute approximate surface area is 166 Å². The van der Waals surface area contributed by atoms with Crippen LogP contribution in [0.4, 0.5) is 5.69 Å². The second-order valence-corrected chi connectivity index (χ2v) is 7.06. The first kappa shape index (κ1) is 21.2. The Kier molecular flexibility index (Phi) is 7.39. The van der Waals surface area contributed by atoms with Crippen molar-refractivity contribution in [2.45, 2.75) is 12.3 Å². The molecule has 0 bridgehead atoms. The second kappa shape index (κ2) is 9.75. The van der Waals surface area contributed by atoms with E-state index in [0.717, 1.165) is 11.1 Å². The molecule has 2 aromatic carbocycles. The van der Waals surface area contributed by atoms with Crippen molar-refractivity contribution in [3.05, 3.63) is 69.3 Å². The van der Waals surface area contributed by atoms with E-state index < -0.39 is 10.8 Å². The zero-order chi connectivity index (χ0) is 20.7. The number of hydrogen-bond donors (Lipinski definition) is 1. The zero-order valence-electron chi connectivity index (χ0n) is 15.6. The summed E-state index contributed by atoms with van der Waals surface area (Å²) in [6, 6.07) is 11.6. The summed E-state index contributed by atoms with van der Waals surface area (Å²) in [7, 11) is 3.06. The molecule has 0 radical (unpaired) electrons. The maximum Gasteiger partial charge on any atom is 0.311 e. The van der Waals surface area contributed by atoms with Gasteiger partial charge in [-0.1, -0.05) is 18.2 Å². The average Bonchev–Trinajstić information content (AvgIpc) is 2.67. The fourth-order valence-electron chi connectivity index (χ4n) is 2.52. The van der Waals surface area contributed by atoms with E-state index in [1.165, 1.54) is 24.9 Å². The molecule has 9 heteroatoms. The predicted octanol–water partition coefficient (Wildman–Crippen LogP) is 2.59. The Balaban J connectivity index is 1.90. The molecule has 0 saturated heterocycles. The molecule has 0 aliphatic heterocycles. The van der Waals surface area contributed by atoms with Crippen molar-refractivity contribution in [3.63, 3.8) is 0 Å². The number of nitro benzene ring substituents is 1. The third-order valence-electron chi connectivity index (χ3n) is 3.99. The first-order valence-electron chi connectivity index (χ1n) is 8.33. The van der Waals surface area contributed by atoms with Crippen LogP contribution in [0.15, 0.2) is 42.5 Å². The van der Waals surface area contributed by atoms with Gasteiger partial charge in [-0.2, -0.15) is 0 Å².